The van der Waals surface area contributed by atoms with Gasteiger partial charge in [0.05, 0.1) is 6.10 Å². The lowest BCUT2D eigenvalue weighted by molar-refractivity contribution is 0.144. The van der Waals surface area contributed by atoms with Gasteiger partial charge < -0.3 is 5.11 Å². The van der Waals surface area contributed by atoms with Crippen LogP contribution in [0.4, 0.5) is 0 Å². The van der Waals surface area contributed by atoms with Crippen LogP contribution in [0.1, 0.15) is 18.6 Å². The van der Waals surface area contributed by atoms with Crippen molar-refractivity contribution < 1.29 is 5.11 Å². The van der Waals surface area contributed by atoms with Gasteiger partial charge in [-0.3, -0.25) is 0 Å². The molecule has 0 unspecified atom stereocenters. The molecule has 0 aliphatic heterocycles. The highest BCUT2D eigenvalue weighted by atomic mass is 16.3. The maximum Gasteiger partial charge on any atom is 0.0924 e. The summed E-state index contributed by atoms with van der Waals surface area (Å²) in [6.07, 6.45) is 4.66. The number of benzene rings is 1. The fourth-order valence-electron chi connectivity index (χ4n) is 1.03. The van der Waals surface area contributed by atoms with Crippen molar-refractivity contribution in [2.24, 2.45) is 5.92 Å². The van der Waals surface area contributed by atoms with Gasteiger partial charge in [0.1, 0.15) is 0 Å². The van der Waals surface area contributed by atoms with E-state index in [1.54, 1.807) is 0 Å². The van der Waals surface area contributed by atoms with Gasteiger partial charge in [-0.15, -0.1) is 12.3 Å². The molecule has 0 heterocycles. The highest BCUT2D eigenvalue weighted by molar-refractivity contribution is 5.19. The quantitative estimate of drug-likeness (QED) is 0.656. The van der Waals surface area contributed by atoms with Crippen molar-refractivity contribution in [3.8, 4) is 12.3 Å². The number of hydrogen-bond donors (Lipinski definition) is 1. The normalized spacial score (nSPS) is 14.8. The Bertz CT molecular complexity index is 271. The van der Waals surface area contributed by atoms with Crippen LogP contribution < -0.4 is 0 Å². The van der Waals surface area contributed by atoms with Crippen LogP contribution in [-0.2, 0) is 0 Å². The van der Waals surface area contributed by atoms with Gasteiger partial charge in [-0.1, -0.05) is 30.3 Å². The summed E-state index contributed by atoms with van der Waals surface area (Å²) >= 11 is 0. The van der Waals surface area contributed by atoms with E-state index in [-0.39, 0.29) is 5.92 Å². The maximum absolute atomic E-state index is 9.65. The van der Waals surface area contributed by atoms with Crippen LogP contribution >= 0.6 is 0 Å². The van der Waals surface area contributed by atoms with Gasteiger partial charge in [0.2, 0.25) is 0 Å². The van der Waals surface area contributed by atoms with Crippen molar-refractivity contribution in [2.45, 2.75) is 13.0 Å². The van der Waals surface area contributed by atoms with Crippen molar-refractivity contribution in [3.63, 3.8) is 0 Å². The average molecular weight is 160 g/mol. The standard InChI is InChI=1S/C11H12O/c1-3-9(2)11(12)10-7-5-4-6-8-10/h1,4-9,11-12H,2H3/t9-,11-/m0/s1. The van der Waals surface area contributed by atoms with Gasteiger partial charge in [0.15, 0.2) is 0 Å². The van der Waals surface area contributed by atoms with E-state index in [1.807, 2.05) is 37.3 Å². The molecule has 0 radical (unpaired) electrons. The predicted octanol–water partition coefficient (Wildman–Crippen LogP) is 1.99. The van der Waals surface area contributed by atoms with Gasteiger partial charge in [0.25, 0.3) is 0 Å². The minimum absolute atomic E-state index is 0.132. The van der Waals surface area contributed by atoms with E-state index in [0.717, 1.165) is 5.56 Å². The molecule has 0 saturated heterocycles. The van der Waals surface area contributed by atoms with E-state index >= 15 is 0 Å². The molecule has 1 aromatic carbocycles. The molecule has 12 heavy (non-hydrogen) atoms. The highest BCUT2D eigenvalue weighted by Crippen LogP contribution is 2.20. The van der Waals surface area contributed by atoms with Crippen molar-refractivity contribution >= 4 is 0 Å². The summed E-state index contributed by atoms with van der Waals surface area (Å²) in [5.41, 5.74) is 0.878. The second-order valence-corrected chi connectivity index (χ2v) is 2.81. The first-order chi connectivity index (χ1) is 5.75. The van der Waals surface area contributed by atoms with Crippen LogP contribution in [-0.4, -0.2) is 5.11 Å². The third-order valence-electron chi connectivity index (χ3n) is 1.88. The number of aliphatic hydroxyl groups excluding tert-OH is 1. The predicted molar refractivity (Wildman–Crippen MR) is 49.4 cm³/mol. The summed E-state index contributed by atoms with van der Waals surface area (Å²) in [5, 5.41) is 9.65. The highest BCUT2D eigenvalue weighted by Gasteiger charge is 2.12. The Morgan fingerprint density at radius 1 is 1.33 bits per heavy atom. The fourth-order valence-corrected chi connectivity index (χ4v) is 1.03. The Labute approximate surface area is 73.0 Å². The Hall–Kier alpha value is -1.26. The second-order valence-electron chi connectivity index (χ2n) is 2.81. The first-order valence-electron chi connectivity index (χ1n) is 3.95. The third-order valence-corrected chi connectivity index (χ3v) is 1.88. The van der Waals surface area contributed by atoms with E-state index < -0.39 is 6.10 Å². The van der Waals surface area contributed by atoms with E-state index in [2.05, 4.69) is 5.92 Å². The zero-order valence-corrected chi connectivity index (χ0v) is 7.07. The molecule has 1 heteroatoms. The van der Waals surface area contributed by atoms with Crippen LogP contribution in [0.3, 0.4) is 0 Å². The molecule has 1 rings (SSSR count). The van der Waals surface area contributed by atoms with Gasteiger partial charge in [-0.05, 0) is 12.5 Å². The first-order valence-corrected chi connectivity index (χ1v) is 3.95. The van der Waals surface area contributed by atoms with Crippen molar-refractivity contribution in [3.05, 3.63) is 35.9 Å². The molecule has 62 valence electrons. The summed E-state index contributed by atoms with van der Waals surface area (Å²) in [7, 11) is 0. The minimum atomic E-state index is -0.545. The molecule has 1 nitrogen and oxygen atoms in total. The second kappa shape index (κ2) is 3.94. The van der Waals surface area contributed by atoms with Crippen LogP contribution in [0.5, 0.6) is 0 Å². The van der Waals surface area contributed by atoms with Crippen LogP contribution in [0.15, 0.2) is 30.3 Å². The molecule has 0 aromatic heterocycles. The SMILES string of the molecule is C#C[C@H](C)[C@H](O)c1ccccc1. The summed E-state index contributed by atoms with van der Waals surface area (Å²) in [5.74, 6) is 2.38. The zero-order valence-electron chi connectivity index (χ0n) is 7.07. The number of hydrogen-bond acceptors (Lipinski definition) is 1. The molecule has 1 aromatic rings. The molecule has 1 N–H and O–H groups in total. The number of terminal acetylenes is 1. The topological polar surface area (TPSA) is 20.2 Å². The molecule has 0 bridgehead atoms. The molecule has 0 amide bonds. The summed E-state index contributed by atoms with van der Waals surface area (Å²) in [6, 6.07) is 9.44. The average Bonchev–Trinajstić information content (AvgIpc) is 2.17. The van der Waals surface area contributed by atoms with Gasteiger partial charge in [-0.25, -0.2) is 0 Å². The number of rotatable bonds is 2. The lowest BCUT2D eigenvalue weighted by atomic mass is 9.98. The van der Waals surface area contributed by atoms with Crippen LogP contribution in [0.2, 0.25) is 0 Å². The third kappa shape index (κ3) is 1.87. The molecule has 0 fully saturated rings. The van der Waals surface area contributed by atoms with Gasteiger partial charge >= 0.3 is 0 Å². The summed E-state index contributed by atoms with van der Waals surface area (Å²) in [4.78, 5) is 0. The van der Waals surface area contributed by atoms with Crippen molar-refractivity contribution in [1.82, 2.24) is 0 Å². The molecule has 0 aliphatic rings. The lowest BCUT2D eigenvalue weighted by Crippen LogP contribution is -2.06. The maximum atomic E-state index is 9.65. The Balaban J connectivity index is 2.80. The van der Waals surface area contributed by atoms with E-state index in [9.17, 15) is 5.11 Å². The summed E-state index contributed by atoms with van der Waals surface area (Å²) in [6.45, 7) is 1.83. The Morgan fingerprint density at radius 3 is 2.42 bits per heavy atom. The van der Waals surface area contributed by atoms with Crippen molar-refractivity contribution in [1.29, 1.82) is 0 Å². The fraction of sp³-hybridized carbons (Fsp3) is 0.273. The smallest absolute Gasteiger partial charge is 0.0924 e. The van der Waals surface area contributed by atoms with Crippen LogP contribution in [0.25, 0.3) is 0 Å². The number of aliphatic hydroxyl groups is 1. The molecule has 0 saturated carbocycles. The molecule has 0 aliphatic carbocycles. The largest absolute Gasteiger partial charge is 0.387 e. The van der Waals surface area contributed by atoms with Crippen LogP contribution in [0, 0.1) is 18.3 Å². The molecular weight excluding hydrogens is 148 g/mol. The minimum Gasteiger partial charge on any atom is -0.387 e. The van der Waals surface area contributed by atoms with E-state index in [0.29, 0.717) is 0 Å². The van der Waals surface area contributed by atoms with Gasteiger partial charge in [0, 0.05) is 5.92 Å². The van der Waals surface area contributed by atoms with E-state index in [1.165, 1.54) is 0 Å². The Kier molecular flexibility index (Phi) is 2.90. The monoisotopic (exact) mass is 160 g/mol. The molecule has 0 spiro atoms. The molecular formula is C11H12O. The lowest BCUT2D eigenvalue weighted by Gasteiger charge is -2.13. The summed E-state index contributed by atoms with van der Waals surface area (Å²) < 4.78 is 0. The Morgan fingerprint density at radius 2 is 1.92 bits per heavy atom. The molecule has 2 atom stereocenters. The van der Waals surface area contributed by atoms with Gasteiger partial charge in [-0.2, -0.15) is 0 Å². The zero-order chi connectivity index (χ0) is 8.97. The first kappa shape index (κ1) is 8.83. The van der Waals surface area contributed by atoms with Crippen molar-refractivity contribution in [2.75, 3.05) is 0 Å². The van der Waals surface area contributed by atoms with E-state index in [4.69, 9.17) is 6.42 Å².